The van der Waals surface area contributed by atoms with E-state index in [1.165, 1.54) is 64.2 Å². The van der Waals surface area contributed by atoms with Crippen molar-refractivity contribution in [3.8, 4) is 0 Å². The second-order valence-corrected chi connectivity index (χ2v) is 8.30. The van der Waals surface area contributed by atoms with Gasteiger partial charge in [-0.05, 0) is 12.3 Å². The van der Waals surface area contributed by atoms with E-state index in [1.807, 2.05) is 0 Å². The summed E-state index contributed by atoms with van der Waals surface area (Å²) in [5.41, 5.74) is 0. The first-order chi connectivity index (χ1) is 13.2. The molecule has 6 heteroatoms. The molecule has 0 rings (SSSR count). The normalized spacial score (nSPS) is 11.8. The maximum atomic E-state index is 11.5. The van der Waals surface area contributed by atoms with Gasteiger partial charge in [0.1, 0.15) is 0 Å². The van der Waals surface area contributed by atoms with Crippen LogP contribution in [0.4, 0.5) is 0 Å². The van der Waals surface area contributed by atoms with Crippen molar-refractivity contribution in [2.24, 2.45) is 5.92 Å². The molecule has 0 bridgehead atoms. The van der Waals surface area contributed by atoms with Crippen molar-refractivity contribution in [2.75, 3.05) is 0 Å². The van der Waals surface area contributed by atoms with Crippen LogP contribution in [0.25, 0.3) is 0 Å². The molecule has 0 aromatic carbocycles. The van der Waals surface area contributed by atoms with Crippen molar-refractivity contribution >= 4 is 11.9 Å². The quantitative estimate of drug-likeness (QED) is 0.134. The summed E-state index contributed by atoms with van der Waals surface area (Å²) in [6.45, 7) is 4.57. The Labute approximate surface area is 170 Å². The largest absolute Gasteiger partial charge is 0.393 e. The molecule has 0 atom stereocenters. The summed E-state index contributed by atoms with van der Waals surface area (Å²) in [7, 11) is 0. The maximum absolute atomic E-state index is 11.5. The fourth-order valence-corrected chi connectivity index (χ4v) is 3.09. The Kier molecular flexibility index (Phi) is 16.3. The molecule has 0 saturated heterocycles. The van der Waals surface area contributed by atoms with E-state index in [0.717, 1.165) is 18.8 Å². The first-order valence-corrected chi connectivity index (χ1v) is 11.1. The Bertz CT molecular complexity index is 400. The van der Waals surface area contributed by atoms with Crippen molar-refractivity contribution in [1.29, 1.82) is 0 Å². The summed E-state index contributed by atoms with van der Waals surface area (Å²) in [6, 6.07) is 0. The predicted molar refractivity (Wildman–Crippen MR) is 109 cm³/mol. The minimum atomic E-state index is -2.91. The fraction of sp³-hybridized carbons (Fsp3) is 0.909. The molecule has 0 aromatic heterocycles. The van der Waals surface area contributed by atoms with Crippen LogP contribution in [0.1, 0.15) is 117 Å². The molecular weight excluding hydrogens is 360 g/mol. The van der Waals surface area contributed by atoms with Crippen molar-refractivity contribution in [2.45, 2.75) is 123 Å². The molecule has 0 aromatic rings. The molecule has 0 spiro atoms. The van der Waals surface area contributed by atoms with Gasteiger partial charge in [-0.3, -0.25) is 9.59 Å². The first kappa shape index (κ1) is 27.0. The zero-order valence-electron chi connectivity index (χ0n) is 18.0. The topological polar surface area (TPSA) is 104 Å². The summed E-state index contributed by atoms with van der Waals surface area (Å²) < 4.78 is 4.55. The van der Waals surface area contributed by atoms with E-state index >= 15 is 0 Å². The van der Waals surface area contributed by atoms with E-state index in [0.29, 0.717) is 6.42 Å². The molecule has 0 fully saturated rings. The van der Waals surface area contributed by atoms with Crippen LogP contribution in [-0.4, -0.2) is 33.2 Å². The fourth-order valence-electron chi connectivity index (χ4n) is 3.09. The second-order valence-electron chi connectivity index (χ2n) is 8.30. The molecule has 166 valence electrons. The van der Waals surface area contributed by atoms with E-state index in [1.54, 1.807) is 0 Å². The van der Waals surface area contributed by atoms with Crippen molar-refractivity contribution in [3.63, 3.8) is 0 Å². The number of hydrogen-bond donors (Lipinski definition) is 3. The SMILES string of the molecule is CC(C)CCCCCCCCCCCCCCC(=O)OC(=O)CCC(O)(O)O. The van der Waals surface area contributed by atoms with Gasteiger partial charge in [0.2, 0.25) is 0 Å². The molecule has 28 heavy (non-hydrogen) atoms. The lowest BCUT2D eigenvalue weighted by atomic mass is 10.0. The monoisotopic (exact) mass is 402 g/mol. The van der Waals surface area contributed by atoms with Crippen LogP contribution in [0.15, 0.2) is 0 Å². The Hall–Kier alpha value is -0.980. The molecule has 6 nitrogen and oxygen atoms in total. The predicted octanol–water partition coefficient (Wildman–Crippen LogP) is 4.58. The molecule has 0 unspecified atom stereocenters. The van der Waals surface area contributed by atoms with E-state index in [-0.39, 0.29) is 6.42 Å². The van der Waals surface area contributed by atoms with E-state index in [9.17, 15) is 9.59 Å². The molecule has 3 N–H and O–H groups in total. The zero-order valence-corrected chi connectivity index (χ0v) is 18.0. The highest BCUT2D eigenvalue weighted by Crippen LogP contribution is 2.14. The average Bonchev–Trinajstić information content (AvgIpc) is 2.59. The maximum Gasteiger partial charge on any atom is 0.313 e. The van der Waals surface area contributed by atoms with Crippen LogP contribution in [0, 0.1) is 5.92 Å². The second kappa shape index (κ2) is 16.9. The minimum absolute atomic E-state index is 0.186. The number of aliphatic hydroxyl groups is 3. The lowest BCUT2D eigenvalue weighted by Gasteiger charge is -2.12. The van der Waals surface area contributed by atoms with Gasteiger partial charge >= 0.3 is 11.9 Å². The zero-order chi connectivity index (χ0) is 21.3. The Balaban J connectivity index is 3.32. The number of esters is 2. The lowest BCUT2D eigenvalue weighted by Crippen LogP contribution is -2.28. The molecule has 0 aliphatic heterocycles. The summed E-state index contributed by atoms with van der Waals surface area (Å²) in [6.07, 6.45) is 15.0. The highest BCUT2D eigenvalue weighted by atomic mass is 16.7. The standard InChI is InChI=1S/C22H42O6/c1-19(2)15-13-11-9-7-5-3-4-6-8-10-12-14-16-20(23)28-21(24)17-18-22(25,26)27/h19,25-27H,3-18H2,1-2H3. The van der Waals surface area contributed by atoms with E-state index in [2.05, 4.69) is 18.6 Å². The van der Waals surface area contributed by atoms with Crippen LogP contribution < -0.4 is 0 Å². The average molecular weight is 403 g/mol. The van der Waals surface area contributed by atoms with E-state index in [4.69, 9.17) is 15.3 Å². The number of hydrogen-bond acceptors (Lipinski definition) is 6. The van der Waals surface area contributed by atoms with Crippen LogP contribution >= 0.6 is 0 Å². The van der Waals surface area contributed by atoms with Crippen LogP contribution in [0.5, 0.6) is 0 Å². The third kappa shape index (κ3) is 21.3. The minimum Gasteiger partial charge on any atom is -0.393 e. The molecule has 0 heterocycles. The number of unbranched alkanes of at least 4 members (excludes halogenated alkanes) is 11. The van der Waals surface area contributed by atoms with Gasteiger partial charge in [-0.15, -0.1) is 0 Å². The number of ether oxygens (including phenoxy) is 1. The summed E-state index contributed by atoms with van der Waals surface area (Å²) in [4.78, 5) is 22.8. The highest BCUT2D eigenvalue weighted by molar-refractivity contribution is 5.85. The van der Waals surface area contributed by atoms with Crippen molar-refractivity contribution in [3.05, 3.63) is 0 Å². The van der Waals surface area contributed by atoms with Gasteiger partial charge in [0, 0.05) is 12.8 Å². The Morgan fingerprint density at radius 3 is 1.50 bits per heavy atom. The van der Waals surface area contributed by atoms with Gasteiger partial charge in [0.15, 0.2) is 0 Å². The van der Waals surface area contributed by atoms with Crippen molar-refractivity contribution < 1.29 is 29.6 Å². The summed E-state index contributed by atoms with van der Waals surface area (Å²) in [5.74, 6) is -3.53. The first-order valence-electron chi connectivity index (χ1n) is 11.1. The number of carbonyl (C=O) groups excluding carboxylic acids is 2. The van der Waals surface area contributed by atoms with Gasteiger partial charge in [0.05, 0.1) is 6.42 Å². The van der Waals surface area contributed by atoms with E-state index < -0.39 is 30.8 Å². The van der Waals surface area contributed by atoms with Gasteiger partial charge in [-0.2, -0.15) is 0 Å². The van der Waals surface area contributed by atoms with Crippen LogP contribution in [0.3, 0.4) is 0 Å². The van der Waals surface area contributed by atoms with Crippen LogP contribution in [-0.2, 0) is 14.3 Å². The molecule has 0 aliphatic carbocycles. The molecule has 0 aliphatic rings. The molecule has 0 saturated carbocycles. The third-order valence-corrected chi connectivity index (χ3v) is 4.80. The lowest BCUT2D eigenvalue weighted by molar-refractivity contribution is -0.314. The summed E-state index contributed by atoms with van der Waals surface area (Å²) >= 11 is 0. The van der Waals surface area contributed by atoms with Crippen LogP contribution in [0.2, 0.25) is 0 Å². The molecule has 0 amide bonds. The van der Waals surface area contributed by atoms with Crippen molar-refractivity contribution in [1.82, 2.24) is 0 Å². The van der Waals surface area contributed by atoms with Gasteiger partial charge in [-0.25, -0.2) is 0 Å². The highest BCUT2D eigenvalue weighted by Gasteiger charge is 2.21. The third-order valence-electron chi connectivity index (χ3n) is 4.80. The van der Waals surface area contributed by atoms with Gasteiger partial charge < -0.3 is 20.1 Å². The number of rotatable bonds is 18. The van der Waals surface area contributed by atoms with Gasteiger partial charge in [0.25, 0.3) is 5.97 Å². The Morgan fingerprint density at radius 2 is 1.07 bits per heavy atom. The molecular formula is C22H42O6. The van der Waals surface area contributed by atoms with Gasteiger partial charge in [-0.1, -0.05) is 90.9 Å². The summed E-state index contributed by atoms with van der Waals surface area (Å²) in [5, 5.41) is 26.0. The molecule has 0 radical (unpaired) electrons. The smallest absolute Gasteiger partial charge is 0.313 e. The Morgan fingerprint density at radius 1 is 0.679 bits per heavy atom. The number of carbonyl (C=O) groups is 2.